The highest BCUT2D eigenvalue weighted by molar-refractivity contribution is 5.99. The molecule has 2 aliphatic heterocycles. The molecule has 0 saturated carbocycles. The van der Waals surface area contributed by atoms with Crippen molar-refractivity contribution in [3.63, 3.8) is 0 Å². The largest absolute Gasteiger partial charge is 0.290 e. The summed E-state index contributed by atoms with van der Waals surface area (Å²) in [4.78, 5) is 24.7. The van der Waals surface area contributed by atoms with Crippen LogP contribution in [0.1, 0.15) is 29.6 Å². The van der Waals surface area contributed by atoms with E-state index in [1.807, 2.05) is 0 Å². The quantitative estimate of drug-likeness (QED) is 0.366. The van der Waals surface area contributed by atoms with Crippen LogP contribution in [0.15, 0.2) is 24.3 Å². The molecule has 0 fully saturated rings. The SMILES string of the molecule is O=C(CN1CCC[N+]2=C1CCC2)c1ccc([N+](=O)[O-])cc1. The van der Waals surface area contributed by atoms with Crippen molar-refractivity contribution in [3.05, 3.63) is 39.9 Å². The number of non-ortho nitro benzene ring substituents is 1. The molecule has 0 aliphatic carbocycles. The number of carbonyl (C=O) groups is 1. The fourth-order valence-corrected chi connectivity index (χ4v) is 3.10. The Bertz CT molecular complexity index is 607. The highest BCUT2D eigenvalue weighted by Gasteiger charge is 2.32. The molecule has 1 aromatic rings. The van der Waals surface area contributed by atoms with Crippen molar-refractivity contribution in [3.8, 4) is 0 Å². The molecule has 3 rings (SSSR count). The van der Waals surface area contributed by atoms with Crippen LogP contribution in [0.3, 0.4) is 0 Å². The zero-order valence-corrected chi connectivity index (χ0v) is 11.8. The average molecular weight is 288 g/mol. The Balaban J connectivity index is 1.71. The van der Waals surface area contributed by atoms with Gasteiger partial charge in [0, 0.05) is 24.1 Å². The predicted molar refractivity (Wildman–Crippen MR) is 77.9 cm³/mol. The summed E-state index contributed by atoms with van der Waals surface area (Å²) in [6.45, 7) is 3.48. The molecule has 0 radical (unpaired) electrons. The minimum absolute atomic E-state index is 0.0147. The Kier molecular flexibility index (Phi) is 3.68. The molecule has 0 spiro atoms. The maximum atomic E-state index is 12.3. The molecular weight excluding hydrogens is 270 g/mol. The second kappa shape index (κ2) is 5.63. The molecule has 0 bridgehead atoms. The molecule has 0 unspecified atom stereocenters. The molecule has 0 amide bonds. The summed E-state index contributed by atoms with van der Waals surface area (Å²) in [5, 5.41) is 10.6. The van der Waals surface area contributed by atoms with Gasteiger partial charge in [-0.1, -0.05) is 0 Å². The standard InChI is InChI=1S/C15H18N3O3/c19-14(12-4-6-13(7-5-12)18(20)21)11-17-10-2-9-16-8-1-3-15(16)17/h4-7H,1-3,8-11H2/q+1. The molecule has 110 valence electrons. The Labute approximate surface area is 122 Å². The molecule has 1 aromatic carbocycles. The summed E-state index contributed by atoms with van der Waals surface area (Å²) in [7, 11) is 0. The maximum Gasteiger partial charge on any atom is 0.269 e. The number of nitrogens with zero attached hydrogens (tertiary/aromatic N) is 3. The van der Waals surface area contributed by atoms with Crippen LogP contribution in [0.2, 0.25) is 0 Å². The molecule has 0 saturated heterocycles. The average Bonchev–Trinajstić information content (AvgIpc) is 2.97. The Morgan fingerprint density at radius 1 is 1.24 bits per heavy atom. The van der Waals surface area contributed by atoms with Crippen molar-refractivity contribution >= 4 is 17.3 Å². The van der Waals surface area contributed by atoms with E-state index >= 15 is 0 Å². The number of amidine groups is 1. The van der Waals surface area contributed by atoms with Gasteiger partial charge in [-0.15, -0.1) is 0 Å². The highest BCUT2D eigenvalue weighted by atomic mass is 16.6. The molecule has 21 heavy (non-hydrogen) atoms. The Morgan fingerprint density at radius 3 is 2.67 bits per heavy atom. The first-order valence-corrected chi connectivity index (χ1v) is 7.28. The number of Topliss-reactive ketones (excluding diaryl/α,β-unsaturated/α-hetero) is 1. The Morgan fingerprint density at radius 2 is 1.95 bits per heavy atom. The van der Waals surface area contributed by atoms with E-state index in [0.717, 1.165) is 38.9 Å². The van der Waals surface area contributed by atoms with Gasteiger partial charge in [-0.2, -0.15) is 0 Å². The zero-order chi connectivity index (χ0) is 14.8. The van der Waals surface area contributed by atoms with Crippen LogP contribution in [0.5, 0.6) is 0 Å². The number of carbonyl (C=O) groups excluding carboxylic acids is 1. The summed E-state index contributed by atoms with van der Waals surface area (Å²) in [5.41, 5.74) is 0.553. The van der Waals surface area contributed by atoms with Crippen molar-refractivity contribution in [2.24, 2.45) is 0 Å². The monoisotopic (exact) mass is 288 g/mol. The number of nitro benzene ring substituents is 1. The summed E-state index contributed by atoms with van der Waals surface area (Å²) in [6.07, 6.45) is 3.29. The van der Waals surface area contributed by atoms with Crippen molar-refractivity contribution in [2.75, 3.05) is 26.2 Å². The molecule has 2 heterocycles. The van der Waals surface area contributed by atoms with Gasteiger partial charge in [0.15, 0.2) is 0 Å². The molecular formula is C15H18N3O3+. The third kappa shape index (κ3) is 2.79. The first-order chi connectivity index (χ1) is 10.1. The highest BCUT2D eigenvalue weighted by Crippen LogP contribution is 2.16. The molecule has 6 nitrogen and oxygen atoms in total. The van der Waals surface area contributed by atoms with Crippen molar-refractivity contribution < 1.29 is 14.3 Å². The van der Waals surface area contributed by atoms with Crippen LogP contribution in [0.4, 0.5) is 5.69 Å². The zero-order valence-electron chi connectivity index (χ0n) is 11.8. The van der Waals surface area contributed by atoms with E-state index in [1.54, 1.807) is 12.1 Å². The summed E-state index contributed by atoms with van der Waals surface area (Å²) < 4.78 is 2.37. The van der Waals surface area contributed by atoms with Gasteiger partial charge in [0.05, 0.1) is 31.0 Å². The van der Waals surface area contributed by atoms with Gasteiger partial charge in [-0.25, -0.2) is 0 Å². The predicted octanol–water partition coefficient (Wildman–Crippen LogP) is 1.69. The summed E-state index contributed by atoms with van der Waals surface area (Å²) in [6, 6.07) is 5.86. The molecule has 0 N–H and O–H groups in total. The second-order valence-electron chi connectivity index (χ2n) is 5.51. The molecule has 6 heteroatoms. The minimum atomic E-state index is -0.453. The smallest absolute Gasteiger partial charge is 0.269 e. The lowest BCUT2D eigenvalue weighted by Gasteiger charge is -2.23. The summed E-state index contributed by atoms with van der Waals surface area (Å²) >= 11 is 0. The van der Waals surface area contributed by atoms with Gasteiger partial charge in [0.25, 0.3) is 5.69 Å². The number of hydrogen-bond acceptors (Lipinski definition) is 4. The lowest BCUT2D eigenvalue weighted by atomic mass is 10.1. The van der Waals surface area contributed by atoms with Crippen LogP contribution in [-0.4, -0.2) is 52.2 Å². The van der Waals surface area contributed by atoms with Crippen LogP contribution in [0, 0.1) is 10.1 Å². The lowest BCUT2D eigenvalue weighted by molar-refractivity contribution is -0.529. The van der Waals surface area contributed by atoms with Crippen LogP contribution < -0.4 is 0 Å². The van der Waals surface area contributed by atoms with Gasteiger partial charge in [0.1, 0.15) is 6.54 Å². The van der Waals surface area contributed by atoms with Crippen molar-refractivity contribution in [1.29, 1.82) is 0 Å². The minimum Gasteiger partial charge on any atom is -0.290 e. The van der Waals surface area contributed by atoms with Crippen molar-refractivity contribution in [1.82, 2.24) is 4.90 Å². The maximum absolute atomic E-state index is 12.3. The van der Waals surface area contributed by atoms with Gasteiger partial charge < -0.3 is 0 Å². The van der Waals surface area contributed by atoms with Gasteiger partial charge in [-0.05, 0) is 18.6 Å². The van der Waals surface area contributed by atoms with Gasteiger partial charge in [-0.3, -0.25) is 24.4 Å². The van der Waals surface area contributed by atoms with Gasteiger partial charge >= 0.3 is 0 Å². The normalized spacial score (nSPS) is 17.8. The first kappa shape index (κ1) is 13.7. The number of rotatable bonds is 4. The fraction of sp³-hybridized carbons (Fsp3) is 0.467. The van der Waals surface area contributed by atoms with E-state index in [9.17, 15) is 14.9 Å². The number of hydrogen-bond donors (Lipinski definition) is 0. The lowest BCUT2D eigenvalue weighted by Crippen LogP contribution is -2.43. The Hall–Kier alpha value is -2.24. The molecule has 2 aliphatic rings. The van der Waals surface area contributed by atoms with E-state index in [4.69, 9.17) is 0 Å². The van der Waals surface area contributed by atoms with Crippen molar-refractivity contribution in [2.45, 2.75) is 19.3 Å². The van der Waals surface area contributed by atoms with E-state index < -0.39 is 4.92 Å². The third-order valence-corrected chi connectivity index (χ3v) is 4.15. The second-order valence-corrected chi connectivity index (χ2v) is 5.51. The first-order valence-electron chi connectivity index (χ1n) is 7.28. The molecule has 0 atom stereocenters. The number of ketones is 1. The third-order valence-electron chi connectivity index (χ3n) is 4.15. The fourth-order valence-electron chi connectivity index (χ4n) is 3.10. The van der Waals surface area contributed by atoms with Crippen LogP contribution >= 0.6 is 0 Å². The number of benzene rings is 1. The topological polar surface area (TPSA) is 66.5 Å². The summed E-state index contributed by atoms with van der Waals surface area (Å²) in [5.74, 6) is 1.31. The van der Waals surface area contributed by atoms with Crippen LogP contribution in [-0.2, 0) is 0 Å². The number of nitro groups is 1. The van der Waals surface area contributed by atoms with E-state index in [1.165, 1.54) is 18.0 Å². The van der Waals surface area contributed by atoms with E-state index in [2.05, 4.69) is 9.48 Å². The van der Waals surface area contributed by atoms with E-state index in [0.29, 0.717) is 12.1 Å². The molecule has 0 aromatic heterocycles. The van der Waals surface area contributed by atoms with Crippen LogP contribution in [0.25, 0.3) is 0 Å². The van der Waals surface area contributed by atoms with Gasteiger partial charge in [0.2, 0.25) is 11.6 Å². The van der Waals surface area contributed by atoms with E-state index in [-0.39, 0.29) is 11.5 Å².